The number of carbonyl (C=O) groups excluding carboxylic acids is 2. The van der Waals surface area contributed by atoms with Crippen molar-refractivity contribution in [3.63, 3.8) is 0 Å². The molecule has 0 unspecified atom stereocenters. The summed E-state index contributed by atoms with van der Waals surface area (Å²) in [6.45, 7) is 5.34. The first-order chi connectivity index (χ1) is 8.70. The first kappa shape index (κ1) is 14.1. The Morgan fingerprint density at radius 2 is 1.84 bits per heavy atom. The normalized spacial score (nSPS) is 28.0. The molecule has 0 aromatic rings. The number of nitrogens with one attached hydrogen (secondary N) is 2. The van der Waals surface area contributed by atoms with Gasteiger partial charge in [0.25, 0.3) is 0 Å². The van der Waals surface area contributed by atoms with Crippen LogP contribution in [0.2, 0.25) is 0 Å². The van der Waals surface area contributed by atoms with Gasteiger partial charge in [-0.25, -0.2) is 4.79 Å². The van der Waals surface area contributed by atoms with Gasteiger partial charge in [0.05, 0.1) is 6.10 Å². The lowest BCUT2D eigenvalue weighted by Crippen LogP contribution is -2.55. The summed E-state index contributed by atoms with van der Waals surface area (Å²) in [5.74, 6) is -0.171. The number of alkyl carbamates (subject to hydrolysis) is 1. The Kier molecular flexibility index (Phi) is 3.47. The van der Waals surface area contributed by atoms with Crippen LogP contribution >= 0.6 is 0 Å². The van der Waals surface area contributed by atoms with Crippen molar-refractivity contribution in [1.29, 1.82) is 0 Å². The molecule has 0 saturated heterocycles. The van der Waals surface area contributed by atoms with E-state index in [2.05, 4.69) is 10.6 Å². The molecule has 2 fully saturated rings. The van der Waals surface area contributed by atoms with Crippen molar-refractivity contribution >= 4 is 12.0 Å². The zero-order valence-electron chi connectivity index (χ0n) is 11.7. The maximum Gasteiger partial charge on any atom is 0.408 e. The summed E-state index contributed by atoms with van der Waals surface area (Å²) in [7, 11) is 0. The summed E-state index contributed by atoms with van der Waals surface area (Å²) in [6.07, 6.45) is 1.58. The van der Waals surface area contributed by atoms with E-state index in [0.717, 1.165) is 0 Å². The van der Waals surface area contributed by atoms with E-state index in [1.165, 1.54) is 0 Å². The highest BCUT2D eigenvalue weighted by atomic mass is 16.6. The molecule has 19 heavy (non-hydrogen) atoms. The van der Waals surface area contributed by atoms with Gasteiger partial charge in [-0.05, 0) is 46.5 Å². The van der Waals surface area contributed by atoms with Gasteiger partial charge in [0, 0.05) is 6.04 Å². The lowest BCUT2D eigenvalue weighted by molar-refractivity contribution is -0.126. The molecular formula is C13H22N2O4. The van der Waals surface area contributed by atoms with Crippen molar-refractivity contribution in [2.45, 2.75) is 69.7 Å². The molecule has 6 heteroatoms. The number of amides is 2. The highest BCUT2D eigenvalue weighted by Crippen LogP contribution is 2.36. The van der Waals surface area contributed by atoms with Crippen molar-refractivity contribution in [2.24, 2.45) is 0 Å². The molecule has 3 N–H and O–H groups in total. The fraction of sp³-hybridized carbons (Fsp3) is 0.846. The molecule has 2 aliphatic carbocycles. The van der Waals surface area contributed by atoms with Gasteiger partial charge in [0.1, 0.15) is 11.1 Å². The first-order valence-corrected chi connectivity index (χ1v) is 6.70. The van der Waals surface area contributed by atoms with Crippen molar-refractivity contribution in [2.75, 3.05) is 0 Å². The summed E-state index contributed by atoms with van der Waals surface area (Å²) < 4.78 is 5.16. The van der Waals surface area contributed by atoms with Crippen molar-refractivity contribution in [3.05, 3.63) is 0 Å². The second-order valence-electron chi connectivity index (χ2n) is 6.50. The molecule has 0 aromatic carbocycles. The van der Waals surface area contributed by atoms with E-state index in [0.29, 0.717) is 25.7 Å². The third-order valence-electron chi connectivity index (χ3n) is 3.37. The van der Waals surface area contributed by atoms with Gasteiger partial charge in [0.2, 0.25) is 5.91 Å². The molecule has 0 aromatic heterocycles. The van der Waals surface area contributed by atoms with Crippen LogP contribution in [-0.4, -0.2) is 40.4 Å². The minimum Gasteiger partial charge on any atom is -0.444 e. The number of hydrogen-bond donors (Lipinski definition) is 3. The van der Waals surface area contributed by atoms with Gasteiger partial charge in [0.15, 0.2) is 0 Å². The highest BCUT2D eigenvalue weighted by molar-refractivity contribution is 5.93. The number of carbonyl (C=O) groups is 2. The van der Waals surface area contributed by atoms with Crippen LogP contribution in [0.1, 0.15) is 46.5 Å². The van der Waals surface area contributed by atoms with Crippen LogP contribution in [0, 0.1) is 0 Å². The third kappa shape index (κ3) is 3.59. The van der Waals surface area contributed by atoms with Crippen LogP contribution in [0.3, 0.4) is 0 Å². The standard InChI is InChI=1S/C13H22N2O4/c1-12(2,3)19-11(18)15-13(4-5-13)10(17)14-8-6-9(16)7-8/h8-9,16H,4-7H2,1-3H3,(H,14,17)(H,15,18). The van der Waals surface area contributed by atoms with E-state index in [4.69, 9.17) is 4.74 Å². The third-order valence-corrected chi connectivity index (χ3v) is 3.37. The highest BCUT2D eigenvalue weighted by Gasteiger charge is 2.52. The fourth-order valence-corrected chi connectivity index (χ4v) is 2.06. The number of aliphatic hydroxyl groups excluding tert-OH is 1. The van der Waals surface area contributed by atoms with E-state index in [9.17, 15) is 14.7 Å². The molecule has 0 aliphatic heterocycles. The van der Waals surface area contributed by atoms with E-state index < -0.39 is 17.2 Å². The fourth-order valence-electron chi connectivity index (χ4n) is 2.06. The van der Waals surface area contributed by atoms with Gasteiger partial charge >= 0.3 is 6.09 Å². The SMILES string of the molecule is CC(C)(C)OC(=O)NC1(C(=O)NC2CC(O)C2)CC1. The van der Waals surface area contributed by atoms with Crippen molar-refractivity contribution < 1.29 is 19.4 Å². The molecule has 2 rings (SSSR count). The molecule has 0 bridgehead atoms. The minimum atomic E-state index is -0.803. The summed E-state index contributed by atoms with van der Waals surface area (Å²) in [5, 5.41) is 14.7. The zero-order valence-corrected chi connectivity index (χ0v) is 11.7. The molecule has 2 amide bonds. The molecule has 0 heterocycles. The van der Waals surface area contributed by atoms with Gasteiger partial charge < -0.3 is 20.5 Å². The lowest BCUT2D eigenvalue weighted by atomic mass is 9.89. The topological polar surface area (TPSA) is 87.7 Å². The zero-order chi connectivity index (χ0) is 14.3. The van der Waals surface area contributed by atoms with E-state index in [-0.39, 0.29) is 18.1 Å². The Labute approximate surface area is 112 Å². The lowest BCUT2D eigenvalue weighted by Gasteiger charge is -2.33. The Balaban J connectivity index is 1.81. The summed E-state index contributed by atoms with van der Waals surface area (Å²) in [4.78, 5) is 23.8. The second kappa shape index (κ2) is 4.67. The van der Waals surface area contributed by atoms with Gasteiger partial charge in [-0.15, -0.1) is 0 Å². The largest absolute Gasteiger partial charge is 0.444 e. The van der Waals surface area contributed by atoms with Crippen LogP contribution in [0.4, 0.5) is 4.79 Å². The number of ether oxygens (including phenoxy) is 1. The smallest absolute Gasteiger partial charge is 0.408 e. The molecule has 2 aliphatic rings. The molecule has 0 radical (unpaired) electrons. The predicted molar refractivity (Wildman–Crippen MR) is 68.5 cm³/mol. The van der Waals surface area contributed by atoms with E-state index in [1.807, 2.05) is 0 Å². The van der Waals surface area contributed by atoms with Crippen molar-refractivity contribution in [1.82, 2.24) is 10.6 Å². The molecule has 0 atom stereocenters. The van der Waals surface area contributed by atoms with Crippen LogP contribution < -0.4 is 10.6 Å². The summed E-state index contributed by atoms with van der Waals surface area (Å²) in [5.41, 5.74) is -1.38. The number of rotatable bonds is 3. The Morgan fingerprint density at radius 3 is 2.26 bits per heavy atom. The number of aliphatic hydroxyl groups is 1. The summed E-state index contributed by atoms with van der Waals surface area (Å²) >= 11 is 0. The quantitative estimate of drug-likeness (QED) is 0.704. The first-order valence-electron chi connectivity index (χ1n) is 6.70. The Bertz CT molecular complexity index is 379. The van der Waals surface area contributed by atoms with E-state index >= 15 is 0 Å². The van der Waals surface area contributed by atoms with Crippen LogP contribution in [0.25, 0.3) is 0 Å². The average molecular weight is 270 g/mol. The molecule has 108 valence electrons. The van der Waals surface area contributed by atoms with Crippen LogP contribution in [0.5, 0.6) is 0 Å². The Hall–Kier alpha value is -1.30. The second-order valence-corrected chi connectivity index (χ2v) is 6.50. The molecule has 2 saturated carbocycles. The molecular weight excluding hydrogens is 248 g/mol. The maximum absolute atomic E-state index is 12.1. The molecule has 6 nitrogen and oxygen atoms in total. The monoisotopic (exact) mass is 270 g/mol. The van der Waals surface area contributed by atoms with Gasteiger partial charge in [-0.1, -0.05) is 0 Å². The van der Waals surface area contributed by atoms with Gasteiger partial charge in [-0.3, -0.25) is 4.79 Å². The van der Waals surface area contributed by atoms with Crippen LogP contribution in [0.15, 0.2) is 0 Å². The Morgan fingerprint density at radius 1 is 1.26 bits per heavy atom. The summed E-state index contributed by atoms with van der Waals surface area (Å²) in [6, 6.07) is 0.0282. The predicted octanol–water partition coefficient (Wildman–Crippen LogP) is 0.683. The number of hydrogen-bond acceptors (Lipinski definition) is 4. The average Bonchev–Trinajstić information content (AvgIpc) is 2.93. The molecule has 0 spiro atoms. The maximum atomic E-state index is 12.1. The van der Waals surface area contributed by atoms with Gasteiger partial charge in [-0.2, -0.15) is 0 Å². The van der Waals surface area contributed by atoms with Crippen LogP contribution in [-0.2, 0) is 9.53 Å². The van der Waals surface area contributed by atoms with Crippen molar-refractivity contribution in [3.8, 4) is 0 Å². The van der Waals surface area contributed by atoms with E-state index in [1.54, 1.807) is 20.8 Å². The minimum absolute atomic E-state index is 0.0282.